The summed E-state index contributed by atoms with van der Waals surface area (Å²) >= 11 is 0. The predicted octanol–water partition coefficient (Wildman–Crippen LogP) is 4.39. The van der Waals surface area contributed by atoms with Crippen molar-refractivity contribution in [1.82, 2.24) is 9.97 Å². The van der Waals surface area contributed by atoms with E-state index >= 15 is 0 Å². The lowest BCUT2D eigenvalue weighted by molar-refractivity contribution is 0.0527. The summed E-state index contributed by atoms with van der Waals surface area (Å²) in [7, 11) is 0. The molecular formula is C21H22N4O3. The van der Waals surface area contributed by atoms with Gasteiger partial charge in [0.15, 0.2) is 5.82 Å². The van der Waals surface area contributed by atoms with E-state index in [1.165, 1.54) is 6.33 Å². The molecule has 7 heteroatoms. The number of benzene rings is 2. The second-order valence-corrected chi connectivity index (χ2v) is 6.26. The Morgan fingerprint density at radius 1 is 1.11 bits per heavy atom. The minimum absolute atomic E-state index is 0.233. The summed E-state index contributed by atoms with van der Waals surface area (Å²) in [5.74, 6) is 0.785. The average Bonchev–Trinajstić information content (AvgIpc) is 2.65. The summed E-state index contributed by atoms with van der Waals surface area (Å²) in [4.78, 5) is 20.5. The van der Waals surface area contributed by atoms with Crippen molar-refractivity contribution in [3.8, 4) is 11.6 Å². The van der Waals surface area contributed by atoms with Gasteiger partial charge < -0.3 is 20.5 Å². The lowest BCUT2D eigenvalue weighted by atomic mass is 10.1. The number of nitrogens with zero attached hydrogens (tertiary/aromatic N) is 2. The van der Waals surface area contributed by atoms with E-state index in [4.69, 9.17) is 15.2 Å². The second kappa shape index (κ2) is 8.39. The molecule has 0 spiro atoms. The molecule has 0 aliphatic heterocycles. The van der Waals surface area contributed by atoms with Gasteiger partial charge in [-0.15, -0.1) is 0 Å². The van der Waals surface area contributed by atoms with Crippen LogP contribution in [0.15, 0.2) is 48.8 Å². The van der Waals surface area contributed by atoms with Crippen molar-refractivity contribution in [2.75, 3.05) is 17.7 Å². The highest BCUT2D eigenvalue weighted by Crippen LogP contribution is 2.32. The van der Waals surface area contributed by atoms with Crippen LogP contribution in [-0.2, 0) is 4.74 Å². The summed E-state index contributed by atoms with van der Waals surface area (Å²) in [6, 6.07) is 12.8. The Morgan fingerprint density at radius 2 is 1.82 bits per heavy atom. The summed E-state index contributed by atoms with van der Waals surface area (Å²) in [5.41, 5.74) is 9.51. The highest BCUT2D eigenvalue weighted by atomic mass is 16.5. The molecule has 28 heavy (non-hydrogen) atoms. The molecule has 0 saturated carbocycles. The molecule has 144 valence electrons. The third kappa shape index (κ3) is 4.37. The zero-order valence-electron chi connectivity index (χ0n) is 16.0. The SMILES string of the molecule is CCOC(=O)c1ccccc1Nc1ncnc(Oc2cc(C)cc(C)c2)c1N. The van der Waals surface area contributed by atoms with Gasteiger partial charge in [-0.1, -0.05) is 18.2 Å². The number of aromatic nitrogens is 2. The molecule has 3 N–H and O–H groups in total. The molecule has 1 heterocycles. The summed E-state index contributed by atoms with van der Waals surface area (Å²) in [5, 5.41) is 3.07. The van der Waals surface area contributed by atoms with Gasteiger partial charge in [0.1, 0.15) is 17.8 Å². The van der Waals surface area contributed by atoms with Crippen molar-refractivity contribution < 1.29 is 14.3 Å². The molecule has 0 aliphatic carbocycles. The number of nitrogens with two attached hydrogens (primary N) is 1. The monoisotopic (exact) mass is 378 g/mol. The number of anilines is 3. The van der Waals surface area contributed by atoms with Gasteiger partial charge in [0.2, 0.25) is 5.88 Å². The number of hydrogen-bond donors (Lipinski definition) is 2. The van der Waals surface area contributed by atoms with Gasteiger partial charge in [0.25, 0.3) is 0 Å². The van der Waals surface area contributed by atoms with Gasteiger partial charge in [-0.25, -0.2) is 9.78 Å². The minimum atomic E-state index is -0.426. The molecule has 0 amide bonds. The van der Waals surface area contributed by atoms with Crippen LogP contribution in [0.4, 0.5) is 17.2 Å². The van der Waals surface area contributed by atoms with E-state index in [0.717, 1.165) is 11.1 Å². The number of nitrogens with one attached hydrogen (secondary N) is 1. The standard InChI is InChI=1S/C21H22N4O3/c1-4-27-21(26)16-7-5-6-8-17(16)25-19-18(22)20(24-12-23-19)28-15-10-13(2)9-14(3)11-15/h5-12H,4,22H2,1-3H3,(H,23,24,25). The number of rotatable bonds is 6. The lowest BCUT2D eigenvalue weighted by Gasteiger charge is -2.14. The van der Waals surface area contributed by atoms with Gasteiger partial charge >= 0.3 is 5.97 Å². The van der Waals surface area contributed by atoms with Crippen LogP contribution in [0.2, 0.25) is 0 Å². The first-order valence-corrected chi connectivity index (χ1v) is 8.87. The van der Waals surface area contributed by atoms with Gasteiger partial charge in [0.05, 0.1) is 17.9 Å². The molecule has 0 unspecified atom stereocenters. The van der Waals surface area contributed by atoms with Crippen molar-refractivity contribution >= 4 is 23.2 Å². The van der Waals surface area contributed by atoms with Gasteiger partial charge in [-0.2, -0.15) is 4.98 Å². The van der Waals surface area contributed by atoms with Crippen LogP contribution < -0.4 is 15.8 Å². The Hall–Kier alpha value is -3.61. The third-order valence-electron chi connectivity index (χ3n) is 3.93. The van der Waals surface area contributed by atoms with E-state index < -0.39 is 5.97 Å². The number of carbonyl (C=O) groups is 1. The minimum Gasteiger partial charge on any atom is -0.462 e. The smallest absolute Gasteiger partial charge is 0.340 e. The molecule has 7 nitrogen and oxygen atoms in total. The average molecular weight is 378 g/mol. The first-order valence-electron chi connectivity index (χ1n) is 8.87. The zero-order chi connectivity index (χ0) is 20.1. The quantitative estimate of drug-likeness (QED) is 0.614. The number of para-hydroxylation sites is 1. The summed E-state index contributed by atoms with van der Waals surface area (Å²) in [6.45, 7) is 6.02. The molecule has 0 radical (unpaired) electrons. The third-order valence-corrected chi connectivity index (χ3v) is 3.93. The first kappa shape index (κ1) is 19.2. The second-order valence-electron chi connectivity index (χ2n) is 6.26. The number of ether oxygens (including phenoxy) is 2. The van der Waals surface area contributed by atoms with Crippen LogP contribution in [0.25, 0.3) is 0 Å². The van der Waals surface area contributed by atoms with E-state index in [2.05, 4.69) is 21.4 Å². The molecule has 3 rings (SSSR count). The van der Waals surface area contributed by atoms with Crippen molar-refractivity contribution in [1.29, 1.82) is 0 Å². The molecule has 0 atom stereocenters. The van der Waals surface area contributed by atoms with Gasteiger partial charge in [-0.05, 0) is 56.2 Å². The predicted molar refractivity (Wildman–Crippen MR) is 108 cm³/mol. The molecule has 3 aromatic rings. The summed E-state index contributed by atoms with van der Waals surface area (Å²) < 4.78 is 11.0. The van der Waals surface area contributed by atoms with Crippen LogP contribution in [0.1, 0.15) is 28.4 Å². The molecule has 1 aromatic heterocycles. The fourth-order valence-electron chi connectivity index (χ4n) is 2.77. The van der Waals surface area contributed by atoms with Crippen LogP contribution >= 0.6 is 0 Å². The normalized spacial score (nSPS) is 10.4. The Morgan fingerprint density at radius 3 is 2.54 bits per heavy atom. The van der Waals surface area contributed by atoms with Crippen molar-refractivity contribution in [3.05, 3.63) is 65.5 Å². The molecule has 2 aromatic carbocycles. The lowest BCUT2D eigenvalue weighted by Crippen LogP contribution is -2.09. The maximum atomic E-state index is 12.2. The van der Waals surface area contributed by atoms with Crippen molar-refractivity contribution in [2.45, 2.75) is 20.8 Å². The molecule has 0 aliphatic rings. The maximum absolute atomic E-state index is 12.2. The maximum Gasteiger partial charge on any atom is 0.340 e. The summed E-state index contributed by atoms with van der Waals surface area (Å²) in [6.07, 6.45) is 1.35. The zero-order valence-corrected chi connectivity index (χ0v) is 16.0. The Labute approximate surface area is 163 Å². The van der Waals surface area contributed by atoms with Crippen molar-refractivity contribution in [3.63, 3.8) is 0 Å². The first-order chi connectivity index (χ1) is 13.5. The Bertz CT molecular complexity index is 984. The molecule has 0 saturated heterocycles. The fraction of sp³-hybridized carbons (Fsp3) is 0.190. The molecule has 0 fully saturated rings. The van der Waals surface area contributed by atoms with Crippen LogP contribution in [-0.4, -0.2) is 22.5 Å². The molecule has 0 bridgehead atoms. The highest BCUT2D eigenvalue weighted by molar-refractivity contribution is 5.96. The largest absolute Gasteiger partial charge is 0.462 e. The van der Waals surface area contributed by atoms with E-state index in [1.54, 1.807) is 31.2 Å². The van der Waals surface area contributed by atoms with Gasteiger partial charge in [-0.3, -0.25) is 0 Å². The topological polar surface area (TPSA) is 99.4 Å². The Balaban J connectivity index is 1.89. The fourth-order valence-corrected chi connectivity index (χ4v) is 2.77. The number of esters is 1. The van der Waals surface area contributed by atoms with E-state index in [9.17, 15) is 4.79 Å². The number of hydrogen-bond acceptors (Lipinski definition) is 7. The van der Waals surface area contributed by atoms with E-state index in [1.807, 2.05) is 26.0 Å². The van der Waals surface area contributed by atoms with E-state index in [0.29, 0.717) is 22.8 Å². The highest BCUT2D eigenvalue weighted by Gasteiger charge is 2.16. The van der Waals surface area contributed by atoms with Crippen LogP contribution in [0.5, 0.6) is 11.6 Å². The van der Waals surface area contributed by atoms with Crippen molar-refractivity contribution in [2.24, 2.45) is 0 Å². The van der Waals surface area contributed by atoms with Gasteiger partial charge in [0, 0.05) is 0 Å². The van der Waals surface area contributed by atoms with Crippen LogP contribution in [0.3, 0.4) is 0 Å². The Kier molecular flexibility index (Phi) is 5.74. The number of aryl methyl sites for hydroxylation is 2. The van der Waals surface area contributed by atoms with E-state index in [-0.39, 0.29) is 18.2 Å². The van der Waals surface area contributed by atoms with Crippen LogP contribution in [0, 0.1) is 13.8 Å². The number of nitrogen functional groups attached to an aromatic ring is 1. The molecular weight excluding hydrogens is 356 g/mol. The number of carbonyl (C=O) groups excluding carboxylic acids is 1.